The Hall–Kier alpha value is -0.830. The zero-order chi connectivity index (χ0) is 8.53. The molecule has 0 aliphatic carbocycles. The molecular weight excluding hydrogens is 144 g/mol. The van der Waals surface area contributed by atoms with E-state index in [-0.39, 0.29) is 13.0 Å². The van der Waals surface area contributed by atoms with Crippen LogP contribution in [-0.2, 0) is 4.79 Å². The maximum Gasteiger partial charge on any atom is 0.303 e. The van der Waals surface area contributed by atoms with Gasteiger partial charge in [0, 0.05) is 13.0 Å². The van der Waals surface area contributed by atoms with Crippen molar-refractivity contribution in [1.29, 1.82) is 0 Å². The first-order valence-corrected chi connectivity index (χ1v) is 3.75. The van der Waals surface area contributed by atoms with Crippen LogP contribution in [0, 0.1) is 0 Å². The highest BCUT2D eigenvalue weighted by atomic mass is 16.4. The van der Waals surface area contributed by atoms with Crippen LogP contribution in [0.25, 0.3) is 0 Å². The van der Waals surface area contributed by atoms with E-state index in [4.69, 9.17) is 10.2 Å². The Morgan fingerprint density at radius 2 is 1.91 bits per heavy atom. The van der Waals surface area contributed by atoms with Crippen LogP contribution in [0.5, 0.6) is 0 Å². The van der Waals surface area contributed by atoms with Gasteiger partial charge in [-0.25, -0.2) is 0 Å². The fraction of sp³-hybridized carbons (Fsp3) is 0.625. The number of unbranched alkanes of at least 4 members (excludes halogenated alkanes) is 1. The van der Waals surface area contributed by atoms with Crippen LogP contribution < -0.4 is 0 Å². The van der Waals surface area contributed by atoms with E-state index in [1.807, 2.05) is 12.2 Å². The Labute approximate surface area is 66.4 Å². The molecular formula is C8H14O3. The summed E-state index contributed by atoms with van der Waals surface area (Å²) >= 11 is 0. The van der Waals surface area contributed by atoms with Crippen LogP contribution in [0.1, 0.15) is 25.7 Å². The van der Waals surface area contributed by atoms with Crippen molar-refractivity contribution in [3.8, 4) is 0 Å². The van der Waals surface area contributed by atoms with Crippen molar-refractivity contribution < 1.29 is 15.0 Å². The molecule has 3 heteroatoms. The summed E-state index contributed by atoms with van der Waals surface area (Å²) in [5.74, 6) is -0.749. The van der Waals surface area contributed by atoms with Crippen molar-refractivity contribution in [2.75, 3.05) is 6.61 Å². The van der Waals surface area contributed by atoms with Gasteiger partial charge in [-0.1, -0.05) is 12.2 Å². The van der Waals surface area contributed by atoms with Gasteiger partial charge in [0.2, 0.25) is 0 Å². The van der Waals surface area contributed by atoms with Gasteiger partial charge in [-0.3, -0.25) is 4.79 Å². The predicted molar refractivity (Wildman–Crippen MR) is 42.3 cm³/mol. The van der Waals surface area contributed by atoms with Gasteiger partial charge in [0.15, 0.2) is 0 Å². The molecule has 0 aromatic heterocycles. The second-order valence-electron chi connectivity index (χ2n) is 2.27. The average molecular weight is 158 g/mol. The van der Waals surface area contributed by atoms with Gasteiger partial charge in [0.1, 0.15) is 0 Å². The molecule has 64 valence electrons. The lowest BCUT2D eigenvalue weighted by Gasteiger charge is -1.89. The van der Waals surface area contributed by atoms with Gasteiger partial charge >= 0.3 is 5.97 Å². The second kappa shape index (κ2) is 7.28. The lowest BCUT2D eigenvalue weighted by Crippen LogP contribution is -1.92. The highest BCUT2D eigenvalue weighted by molar-refractivity contribution is 5.66. The Morgan fingerprint density at radius 3 is 2.45 bits per heavy atom. The quantitative estimate of drug-likeness (QED) is 0.450. The Kier molecular flexibility index (Phi) is 6.73. The minimum absolute atomic E-state index is 0.162. The van der Waals surface area contributed by atoms with Crippen molar-refractivity contribution in [2.24, 2.45) is 0 Å². The summed E-state index contributed by atoms with van der Waals surface area (Å²) in [6.45, 7) is 0.162. The predicted octanol–water partition coefficient (Wildman–Crippen LogP) is 1.18. The number of carboxylic acids is 1. The molecule has 0 saturated carbocycles. The first-order valence-electron chi connectivity index (χ1n) is 3.75. The summed E-state index contributed by atoms with van der Waals surface area (Å²) in [6, 6.07) is 0. The van der Waals surface area contributed by atoms with E-state index in [2.05, 4.69) is 0 Å². The molecule has 0 radical (unpaired) electrons. The zero-order valence-corrected chi connectivity index (χ0v) is 6.49. The molecule has 0 aliphatic rings. The summed E-state index contributed by atoms with van der Waals surface area (Å²) in [5.41, 5.74) is 0. The minimum atomic E-state index is -0.749. The largest absolute Gasteiger partial charge is 0.481 e. The molecule has 0 aromatic carbocycles. The van der Waals surface area contributed by atoms with Gasteiger partial charge in [-0.05, 0) is 19.3 Å². The van der Waals surface area contributed by atoms with Gasteiger partial charge in [-0.2, -0.15) is 0 Å². The smallest absolute Gasteiger partial charge is 0.303 e. The number of aliphatic hydroxyl groups excluding tert-OH is 1. The molecule has 0 unspecified atom stereocenters. The number of hydrogen-bond donors (Lipinski definition) is 2. The van der Waals surface area contributed by atoms with E-state index in [0.717, 1.165) is 6.42 Å². The van der Waals surface area contributed by atoms with E-state index >= 15 is 0 Å². The Balaban J connectivity index is 3.07. The average Bonchev–Trinajstić information content (AvgIpc) is 1.96. The highest BCUT2D eigenvalue weighted by Gasteiger charge is 1.92. The summed E-state index contributed by atoms with van der Waals surface area (Å²) < 4.78 is 0. The molecule has 0 aliphatic heterocycles. The fourth-order valence-corrected chi connectivity index (χ4v) is 0.681. The summed E-state index contributed by atoms with van der Waals surface area (Å²) in [7, 11) is 0. The second-order valence-corrected chi connectivity index (χ2v) is 2.27. The number of allylic oxidation sites excluding steroid dienone is 1. The molecule has 11 heavy (non-hydrogen) atoms. The molecule has 0 aromatic rings. The maximum absolute atomic E-state index is 10.0. The number of carbonyl (C=O) groups is 1. The standard InChI is InChI=1S/C8H14O3/c9-7-5-3-1-2-4-6-8(10)11/h1,3,9H,2,4-7H2,(H,10,11)/b3-1+. The van der Waals surface area contributed by atoms with Crippen LogP contribution in [0.2, 0.25) is 0 Å². The molecule has 0 saturated heterocycles. The Morgan fingerprint density at radius 1 is 1.27 bits per heavy atom. The Bertz CT molecular complexity index is 129. The van der Waals surface area contributed by atoms with E-state index in [1.165, 1.54) is 0 Å². The molecule has 0 fully saturated rings. The number of aliphatic carboxylic acids is 1. The number of carboxylic acid groups (broad SMARTS) is 1. The third-order valence-electron chi connectivity index (χ3n) is 1.22. The van der Waals surface area contributed by atoms with Crippen molar-refractivity contribution in [1.82, 2.24) is 0 Å². The molecule has 0 heterocycles. The van der Waals surface area contributed by atoms with Crippen LogP contribution in [0.3, 0.4) is 0 Å². The van der Waals surface area contributed by atoms with Crippen molar-refractivity contribution in [3.05, 3.63) is 12.2 Å². The number of hydrogen-bond acceptors (Lipinski definition) is 2. The minimum Gasteiger partial charge on any atom is -0.481 e. The number of aliphatic hydroxyl groups is 1. The van der Waals surface area contributed by atoms with Crippen LogP contribution in [0.15, 0.2) is 12.2 Å². The van der Waals surface area contributed by atoms with E-state index < -0.39 is 5.97 Å². The van der Waals surface area contributed by atoms with Gasteiger partial charge in [0.25, 0.3) is 0 Å². The highest BCUT2D eigenvalue weighted by Crippen LogP contribution is 1.96. The first kappa shape index (κ1) is 10.2. The fourth-order valence-electron chi connectivity index (χ4n) is 0.681. The normalized spacial score (nSPS) is 10.6. The monoisotopic (exact) mass is 158 g/mol. The van der Waals surface area contributed by atoms with Crippen molar-refractivity contribution in [2.45, 2.75) is 25.7 Å². The lowest BCUT2D eigenvalue weighted by atomic mass is 10.2. The van der Waals surface area contributed by atoms with Crippen LogP contribution >= 0.6 is 0 Å². The van der Waals surface area contributed by atoms with Crippen molar-refractivity contribution in [3.63, 3.8) is 0 Å². The van der Waals surface area contributed by atoms with Crippen molar-refractivity contribution >= 4 is 5.97 Å². The molecule has 2 N–H and O–H groups in total. The molecule has 3 nitrogen and oxygen atoms in total. The van der Waals surface area contributed by atoms with Gasteiger partial charge in [-0.15, -0.1) is 0 Å². The molecule has 0 amide bonds. The third-order valence-corrected chi connectivity index (χ3v) is 1.22. The third kappa shape index (κ3) is 9.17. The zero-order valence-electron chi connectivity index (χ0n) is 6.49. The van der Waals surface area contributed by atoms with Gasteiger partial charge in [0.05, 0.1) is 0 Å². The number of rotatable bonds is 6. The summed E-state index contributed by atoms with van der Waals surface area (Å²) in [5, 5.41) is 16.6. The SMILES string of the molecule is O=C(O)CCC/C=C/CCO. The molecule has 0 rings (SSSR count). The van der Waals surface area contributed by atoms with E-state index in [1.54, 1.807) is 0 Å². The van der Waals surface area contributed by atoms with Crippen LogP contribution in [-0.4, -0.2) is 22.8 Å². The van der Waals surface area contributed by atoms with E-state index in [9.17, 15) is 4.79 Å². The molecule has 0 bridgehead atoms. The lowest BCUT2D eigenvalue weighted by molar-refractivity contribution is -0.137. The maximum atomic E-state index is 10.0. The van der Waals surface area contributed by atoms with E-state index in [0.29, 0.717) is 12.8 Å². The molecule has 0 atom stereocenters. The topological polar surface area (TPSA) is 57.5 Å². The summed E-state index contributed by atoms with van der Waals surface area (Å²) in [6.07, 6.45) is 6.11. The van der Waals surface area contributed by atoms with Crippen LogP contribution in [0.4, 0.5) is 0 Å². The summed E-state index contributed by atoms with van der Waals surface area (Å²) in [4.78, 5) is 10.0. The first-order chi connectivity index (χ1) is 5.27. The molecule has 0 spiro atoms. The van der Waals surface area contributed by atoms with Gasteiger partial charge < -0.3 is 10.2 Å².